The lowest BCUT2D eigenvalue weighted by molar-refractivity contribution is -0.137. The molecule has 0 N–H and O–H groups in total. The molecule has 1 spiro atoms. The molecule has 1 saturated heterocycles. The molecule has 2 fully saturated rings. The lowest BCUT2D eigenvalue weighted by Gasteiger charge is -2.37. The Kier molecular flexibility index (Phi) is 5.28. The van der Waals surface area contributed by atoms with Crippen LogP contribution < -0.4 is 0 Å². The van der Waals surface area contributed by atoms with Crippen LogP contribution in [0.1, 0.15) is 44.9 Å². The summed E-state index contributed by atoms with van der Waals surface area (Å²) in [5, 5.41) is 0. The molecule has 2 rings (SSSR count). The summed E-state index contributed by atoms with van der Waals surface area (Å²) in [6, 6.07) is 0. The zero-order valence-corrected chi connectivity index (χ0v) is 11.2. The standard InChI is InChI=1S/C14H22F2O3/c15-13(16)10-18-7-4-12(17)11-3-8-19-14(9-11)5-1-2-6-14/h11,13H,1-10H2. The van der Waals surface area contributed by atoms with Crippen LogP contribution in [-0.2, 0) is 14.3 Å². The van der Waals surface area contributed by atoms with Crippen LogP contribution in [-0.4, -0.2) is 37.6 Å². The van der Waals surface area contributed by atoms with E-state index < -0.39 is 13.0 Å². The number of rotatable bonds is 6. The fraction of sp³-hybridized carbons (Fsp3) is 0.929. The van der Waals surface area contributed by atoms with Crippen LogP contribution >= 0.6 is 0 Å². The highest BCUT2D eigenvalue weighted by Crippen LogP contribution is 2.42. The largest absolute Gasteiger partial charge is 0.375 e. The van der Waals surface area contributed by atoms with Crippen molar-refractivity contribution in [3.63, 3.8) is 0 Å². The van der Waals surface area contributed by atoms with Gasteiger partial charge in [0, 0.05) is 18.9 Å². The number of hydrogen-bond donors (Lipinski definition) is 0. The smallest absolute Gasteiger partial charge is 0.261 e. The van der Waals surface area contributed by atoms with E-state index >= 15 is 0 Å². The Bertz CT molecular complexity index is 301. The molecule has 2 aliphatic rings. The van der Waals surface area contributed by atoms with Crippen LogP contribution in [0.25, 0.3) is 0 Å². The fourth-order valence-corrected chi connectivity index (χ4v) is 3.22. The first-order chi connectivity index (χ1) is 9.11. The molecule has 1 saturated carbocycles. The normalized spacial score (nSPS) is 26.2. The molecule has 0 aromatic heterocycles. The van der Waals surface area contributed by atoms with Gasteiger partial charge in [0.05, 0.1) is 12.2 Å². The SMILES string of the molecule is O=C(CCOCC(F)F)C1CCOC2(CCCC2)C1. The number of halogens is 2. The molecule has 110 valence electrons. The van der Waals surface area contributed by atoms with Crippen molar-refractivity contribution < 1.29 is 23.0 Å². The number of ketones is 1. The third-order valence-corrected chi connectivity index (χ3v) is 4.20. The van der Waals surface area contributed by atoms with Crippen molar-refractivity contribution >= 4 is 5.78 Å². The summed E-state index contributed by atoms with van der Waals surface area (Å²) < 4.78 is 34.4. The van der Waals surface area contributed by atoms with E-state index in [9.17, 15) is 13.6 Å². The molecule has 0 aromatic rings. The van der Waals surface area contributed by atoms with E-state index in [4.69, 9.17) is 9.47 Å². The van der Waals surface area contributed by atoms with Gasteiger partial charge in [0.2, 0.25) is 0 Å². The Morgan fingerprint density at radius 2 is 2.11 bits per heavy atom. The molecule has 0 radical (unpaired) electrons. The average molecular weight is 276 g/mol. The Hall–Kier alpha value is -0.550. The first kappa shape index (κ1) is 14.9. The first-order valence-corrected chi connectivity index (χ1v) is 7.14. The highest BCUT2D eigenvalue weighted by Gasteiger charge is 2.41. The van der Waals surface area contributed by atoms with Gasteiger partial charge in [-0.05, 0) is 25.7 Å². The zero-order chi connectivity index (χ0) is 13.7. The molecule has 0 amide bonds. The van der Waals surface area contributed by atoms with Crippen LogP contribution in [0.5, 0.6) is 0 Å². The third-order valence-electron chi connectivity index (χ3n) is 4.20. The summed E-state index contributed by atoms with van der Waals surface area (Å²) in [6.07, 6.45) is 3.82. The van der Waals surface area contributed by atoms with E-state index in [1.807, 2.05) is 0 Å². The van der Waals surface area contributed by atoms with Crippen LogP contribution in [0.2, 0.25) is 0 Å². The molecule has 1 heterocycles. The second-order valence-corrected chi connectivity index (χ2v) is 5.61. The molecule has 1 unspecified atom stereocenters. The van der Waals surface area contributed by atoms with E-state index in [-0.39, 0.29) is 30.3 Å². The summed E-state index contributed by atoms with van der Waals surface area (Å²) in [4.78, 5) is 12.1. The van der Waals surface area contributed by atoms with Gasteiger partial charge in [-0.25, -0.2) is 8.78 Å². The van der Waals surface area contributed by atoms with Crippen LogP contribution in [0.4, 0.5) is 8.78 Å². The summed E-state index contributed by atoms with van der Waals surface area (Å²) >= 11 is 0. The molecule has 3 nitrogen and oxygen atoms in total. The molecule has 19 heavy (non-hydrogen) atoms. The van der Waals surface area contributed by atoms with Gasteiger partial charge in [-0.1, -0.05) is 12.8 Å². The number of ether oxygens (including phenoxy) is 2. The van der Waals surface area contributed by atoms with Crippen LogP contribution in [0, 0.1) is 5.92 Å². The van der Waals surface area contributed by atoms with E-state index in [2.05, 4.69) is 0 Å². The Balaban J connectivity index is 1.73. The number of carbonyl (C=O) groups is 1. The summed E-state index contributed by atoms with van der Waals surface area (Å²) in [7, 11) is 0. The maximum atomic E-state index is 12.1. The summed E-state index contributed by atoms with van der Waals surface area (Å²) in [6.45, 7) is 0.173. The minimum Gasteiger partial charge on any atom is -0.375 e. The van der Waals surface area contributed by atoms with Gasteiger partial charge < -0.3 is 9.47 Å². The Morgan fingerprint density at radius 3 is 2.79 bits per heavy atom. The molecule has 1 aliphatic heterocycles. The predicted molar refractivity (Wildman–Crippen MR) is 66.3 cm³/mol. The van der Waals surface area contributed by atoms with E-state index in [0.717, 1.165) is 25.7 Å². The second kappa shape index (κ2) is 6.75. The third kappa shape index (κ3) is 4.21. The van der Waals surface area contributed by atoms with Gasteiger partial charge >= 0.3 is 0 Å². The van der Waals surface area contributed by atoms with Crippen molar-refractivity contribution in [2.45, 2.75) is 57.0 Å². The van der Waals surface area contributed by atoms with Crippen LogP contribution in [0.3, 0.4) is 0 Å². The molecule has 0 aromatic carbocycles. The second-order valence-electron chi connectivity index (χ2n) is 5.61. The highest BCUT2D eigenvalue weighted by molar-refractivity contribution is 5.81. The number of alkyl halides is 2. The number of carbonyl (C=O) groups excluding carboxylic acids is 1. The van der Waals surface area contributed by atoms with Crippen molar-refractivity contribution in [2.75, 3.05) is 19.8 Å². The maximum absolute atomic E-state index is 12.1. The van der Waals surface area contributed by atoms with Gasteiger partial charge in [0.1, 0.15) is 12.4 Å². The summed E-state index contributed by atoms with van der Waals surface area (Å²) in [5.41, 5.74) is -0.0671. The van der Waals surface area contributed by atoms with Gasteiger partial charge in [0.25, 0.3) is 6.43 Å². The van der Waals surface area contributed by atoms with Gasteiger partial charge in [-0.3, -0.25) is 4.79 Å². The van der Waals surface area contributed by atoms with Gasteiger partial charge in [-0.15, -0.1) is 0 Å². The maximum Gasteiger partial charge on any atom is 0.261 e. The minimum absolute atomic E-state index is 0.0296. The minimum atomic E-state index is -2.46. The summed E-state index contributed by atoms with van der Waals surface area (Å²) in [5.74, 6) is 0.172. The molecule has 1 atom stereocenters. The molecular formula is C14H22F2O3. The van der Waals surface area contributed by atoms with Gasteiger partial charge in [-0.2, -0.15) is 0 Å². The van der Waals surface area contributed by atoms with Crippen molar-refractivity contribution in [3.05, 3.63) is 0 Å². The highest BCUT2D eigenvalue weighted by atomic mass is 19.3. The van der Waals surface area contributed by atoms with Gasteiger partial charge in [0.15, 0.2) is 0 Å². The quantitative estimate of drug-likeness (QED) is 0.700. The van der Waals surface area contributed by atoms with E-state index in [1.54, 1.807) is 0 Å². The van der Waals surface area contributed by atoms with Crippen molar-refractivity contribution in [3.8, 4) is 0 Å². The van der Waals surface area contributed by atoms with Crippen molar-refractivity contribution in [1.82, 2.24) is 0 Å². The monoisotopic (exact) mass is 276 g/mol. The first-order valence-electron chi connectivity index (χ1n) is 7.14. The Labute approximate surface area is 112 Å². The van der Waals surface area contributed by atoms with Crippen LogP contribution in [0.15, 0.2) is 0 Å². The zero-order valence-electron chi connectivity index (χ0n) is 11.2. The molecule has 0 bridgehead atoms. The molecule has 1 aliphatic carbocycles. The average Bonchev–Trinajstić information content (AvgIpc) is 2.82. The number of Topliss-reactive ketones (excluding diaryl/α,β-unsaturated/α-hetero) is 1. The molecular weight excluding hydrogens is 254 g/mol. The fourth-order valence-electron chi connectivity index (χ4n) is 3.22. The van der Waals surface area contributed by atoms with Crippen molar-refractivity contribution in [2.24, 2.45) is 5.92 Å². The lowest BCUT2D eigenvalue weighted by atomic mass is 9.82. The number of hydrogen-bond acceptors (Lipinski definition) is 3. The lowest BCUT2D eigenvalue weighted by Crippen LogP contribution is -2.40. The Morgan fingerprint density at radius 1 is 1.37 bits per heavy atom. The molecule has 5 heteroatoms. The van der Waals surface area contributed by atoms with E-state index in [0.29, 0.717) is 6.61 Å². The predicted octanol–water partition coefficient (Wildman–Crippen LogP) is 2.97. The van der Waals surface area contributed by atoms with Crippen molar-refractivity contribution in [1.29, 1.82) is 0 Å². The van der Waals surface area contributed by atoms with E-state index in [1.165, 1.54) is 12.8 Å². The topological polar surface area (TPSA) is 35.5 Å².